The highest BCUT2D eigenvalue weighted by atomic mass is 32.2. The summed E-state index contributed by atoms with van der Waals surface area (Å²) in [5.41, 5.74) is 2.00. The van der Waals surface area contributed by atoms with Gasteiger partial charge >= 0.3 is 0 Å². The molecular formula is C18H13N5OS. The summed E-state index contributed by atoms with van der Waals surface area (Å²) >= 11 is -1.25. The van der Waals surface area contributed by atoms with Gasteiger partial charge in [0.2, 0.25) is 5.95 Å². The van der Waals surface area contributed by atoms with Crippen LogP contribution in [0.2, 0.25) is 0 Å². The Bertz CT molecular complexity index is 1080. The topological polar surface area (TPSA) is 69.9 Å². The summed E-state index contributed by atoms with van der Waals surface area (Å²) < 4.78 is 16.4. The fraction of sp³-hybridized carbons (Fsp3) is 0.0556. The molecule has 0 saturated carbocycles. The van der Waals surface area contributed by atoms with E-state index in [9.17, 15) is 4.55 Å². The van der Waals surface area contributed by atoms with Gasteiger partial charge in [0.15, 0.2) is 10.7 Å². The first-order chi connectivity index (χ1) is 12.3. The van der Waals surface area contributed by atoms with Crippen LogP contribution < -0.4 is 4.31 Å². The van der Waals surface area contributed by atoms with Gasteiger partial charge in [-0.2, -0.15) is 9.29 Å². The van der Waals surface area contributed by atoms with Gasteiger partial charge in [0.05, 0.1) is 18.3 Å². The van der Waals surface area contributed by atoms with Gasteiger partial charge in [-0.05, 0) is 18.2 Å². The van der Waals surface area contributed by atoms with Crippen molar-refractivity contribution >= 4 is 28.1 Å². The highest BCUT2D eigenvalue weighted by Crippen LogP contribution is 2.33. The number of hydrogen-bond donors (Lipinski definition) is 0. The Hall–Kier alpha value is -2.90. The van der Waals surface area contributed by atoms with E-state index in [2.05, 4.69) is 15.0 Å². The number of pyridine rings is 1. The number of nitrogens with zero attached hydrogens (tertiary/aromatic N) is 5. The van der Waals surface area contributed by atoms with Crippen LogP contribution in [0.5, 0.6) is 0 Å². The van der Waals surface area contributed by atoms with Gasteiger partial charge in [-0.3, -0.25) is 9.55 Å². The number of fused-ring (bicyclic) bond motifs is 2. The van der Waals surface area contributed by atoms with Crippen LogP contribution in [0.3, 0.4) is 0 Å². The maximum absolute atomic E-state index is 12.8. The minimum Gasteiger partial charge on any atom is -0.588 e. The Labute approximate surface area is 147 Å². The monoisotopic (exact) mass is 347 g/mol. The van der Waals surface area contributed by atoms with Gasteiger partial charge in [0, 0.05) is 35.6 Å². The zero-order valence-corrected chi connectivity index (χ0v) is 13.9. The van der Waals surface area contributed by atoms with E-state index >= 15 is 0 Å². The average molecular weight is 347 g/mol. The van der Waals surface area contributed by atoms with Crippen LogP contribution >= 0.6 is 0 Å². The third kappa shape index (κ3) is 2.28. The normalized spacial score (nSPS) is 16.4. The Balaban J connectivity index is 1.56. The lowest BCUT2D eigenvalue weighted by molar-refractivity contribution is 0.595. The van der Waals surface area contributed by atoms with E-state index in [4.69, 9.17) is 0 Å². The summed E-state index contributed by atoms with van der Waals surface area (Å²) in [5.74, 6) is 1.18. The van der Waals surface area contributed by atoms with Crippen LogP contribution in [0.1, 0.15) is 5.56 Å². The first kappa shape index (κ1) is 14.4. The second-order valence-electron chi connectivity index (χ2n) is 5.73. The van der Waals surface area contributed by atoms with Crippen LogP contribution in [-0.4, -0.2) is 24.1 Å². The van der Waals surface area contributed by atoms with Crippen LogP contribution in [-0.2, 0) is 17.9 Å². The Kier molecular flexibility index (Phi) is 3.22. The lowest BCUT2D eigenvalue weighted by Gasteiger charge is -2.17. The van der Waals surface area contributed by atoms with Gasteiger partial charge in [0.25, 0.3) is 0 Å². The van der Waals surface area contributed by atoms with Gasteiger partial charge in [0.1, 0.15) is 11.4 Å². The highest BCUT2D eigenvalue weighted by Gasteiger charge is 2.35. The first-order valence-electron chi connectivity index (χ1n) is 7.83. The lowest BCUT2D eigenvalue weighted by Crippen LogP contribution is -2.25. The Morgan fingerprint density at radius 3 is 2.88 bits per heavy atom. The number of rotatable bonds is 2. The van der Waals surface area contributed by atoms with Gasteiger partial charge in [-0.15, -0.1) is 0 Å². The third-order valence-corrected chi connectivity index (χ3v) is 5.76. The molecule has 1 unspecified atom stereocenters. The third-order valence-electron chi connectivity index (χ3n) is 4.27. The van der Waals surface area contributed by atoms with Crippen molar-refractivity contribution in [2.45, 2.75) is 11.4 Å². The van der Waals surface area contributed by atoms with Gasteiger partial charge in [-0.1, -0.05) is 18.2 Å². The minimum absolute atomic E-state index is 0.536. The molecule has 1 aromatic carbocycles. The molecular weight excluding hydrogens is 334 g/mol. The summed E-state index contributed by atoms with van der Waals surface area (Å²) in [5, 5.41) is 1.07. The molecule has 122 valence electrons. The van der Waals surface area contributed by atoms with Crippen LogP contribution in [0, 0.1) is 0 Å². The summed E-state index contributed by atoms with van der Waals surface area (Å²) in [6.45, 7) is 0.577. The van der Waals surface area contributed by atoms with Crippen molar-refractivity contribution in [3.63, 3.8) is 0 Å². The van der Waals surface area contributed by atoms with E-state index in [1.165, 1.54) is 0 Å². The molecule has 0 fully saturated rings. The smallest absolute Gasteiger partial charge is 0.236 e. The lowest BCUT2D eigenvalue weighted by atomic mass is 10.2. The van der Waals surface area contributed by atoms with Crippen LogP contribution in [0.4, 0.5) is 5.82 Å². The quantitative estimate of drug-likeness (QED) is 0.522. The van der Waals surface area contributed by atoms with E-state index in [1.807, 2.05) is 47.2 Å². The van der Waals surface area contributed by atoms with Gasteiger partial charge in [-0.25, -0.2) is 4.98 Å². The Morgan fingerprint density at radius 1 is 1.04 bits per heavy atom. The zero-order chi connectivity index (χ0) is 16.8. The second kappa shape index (κ2) is 5.58. The average Bonchev–Trinajstić information content (AvgIpc) is 3.24. The predicted octanol–water partition coefficient (Wildman–Crippen LogP) is 2.86. The molecule has 4 aromatic rings. The fourth-order valence-corrected chi connectivity index (χ4v) is 4.36. The molecule has 1 aliphatic heterocycles. The van der Waals surface area contributed by atoms with E-state index in [1.54, 1.807) is 29.0 Å². The molecule has 3 aromatic heterocycles. The van der Waals surface area contributed by atoms with Crippen LogP contribution in [0.25, 0.3) is 16.9 Å². The van der Waals surface area contributed by atoms with E-state index in [0.717, 1.165) is 21.4 Å². The fourth-order valence-electron chi connectivity index (χ4n) is 3.05. The van der Waals surface area contributed by atoms with Crippen molar-refractivity contribution in [3.05, 3.63) is 72.8 Å². The molecule has 25 heavy (non-hydrogen) atoms. The molecule has 4 heterocycles. The van der Waals surface area contributed by atoms with Crippen LogP contribution in [0.15, 0.2) is 72.1 Å². The van der Waals surface area contributed by atoms with Crippen molar-refractivity contribution in [2.24, 2.45) is 0 Å². The summed E-state index contributed by atoms with van der Waals surface area (Å²) in [6.07, 6.45) is 7.16. The molecule has 7 heteroatoms. The van der Waals surface area contributed by atoms with Crippen molar-refractivity contribution in [2.75, 3.05) is 4.31 Å². The zero-order valence-electron chi connectivity index (χ0n) is 13.1. The molecule has 0 bridgehead atoms. The number of hydrogen-bond acceptors (Lipinski definition) is 5. The highest BCUT2D eigenvalue weighted by molar-refractivity contribution is 7.93. The summed E-state index contributed by atoms with van der Waals surface area (Å²) in [7, 11) is 0. The van der Waals surface area contributed by atoms with Crippen molar-refractivity contribution in [3.8, 4) is 5.95 Å². The molecule has 1 aliphatic rings. The molecule has 0 N–H and O–H groups in total. The maximum Gasteiger partial charge on any atom is 0.236 e. The molecule has 0 saturated heterocycles. The predicted molar refractivity (Wildman–Crippen MR) is 95.7 cm³/mol. The maximum atomic E-state index is 12.8. The van der Waals surface area contributed by atoms with E-state index < -0.39 is 11.4 Å². The molecule has 5 rings (SSSR count). The Morgan fingerprint density at radius 2 is 1.96 bits per heavy atom. The molecule has 0 amide bonds. The number of benzene rings is 1. The van der Waals surface area contributed by atoms with Gasteiger partial charge < -0.3 is 4.55 Å². The summed E-state index contributed by atoms with van der Waals surface area (Å²) in [6, 6.07) is 13.5. The number of aromatic nitrogens is 4. The molecule has 0 aliphatic carbocycles. The SMILES string of the molecule is [O-][S+]1c2ccccc2CN1c1ccnc(-n2ccc3ccncc32)n1. The molecule has 0 spiro atoms. The van der Waals surface area contributed by atoms with Crippen molar-refractivity contribution in [1.82, 2.24) is 19.5 Å². The van der Waals surface area contributed by atoms with E-state index in [0.29, 0.717) is 18.3 Å². The first-order valence-corrected chi connectivity index (χ1v) is 8.94. The second-order valence-corrected chi connectivity index (χ2v) is 7.11. The summed E-state index contributed by atoms with van der Waals surface area (Å²) in [4.78, 5) is 14.0. The van der Waals surface area contributed by atoms with E-state index in [-0.39, 0.29) is 0 Å². The minimum atomic E-state index is -1.25. The number of anilines is 1. The standard InChI is InChI=1S/C18H13N5OS/c24-25-16-4-2-1-3-14(16)12-23(25)17-6-9-20-18(21-17)22-10-7-13-5-8-19-11-15(13)22/h1-11H,12H2. The molecule has 0 radical (unpaired) electrons. The molecule has 6 nitrogen and oxygen atoms in total. The largest absolute Gasteiger partial charge is 0.588 e. The van der Waals surface area contributed by atoms with Crippen molar-refractivity contribution in [1.29, 1.82) is 0 Å². The van der Waals surface area contributed by atoms with Crippen molar-refractivity contribution < 1.29 is 4.55 Å². The molecule has 1 atom stereocenters.